The molecule has 6 nitrogen and oxygen atoms in total. The standard InChI is InChI=1S/C10H11F2N5O/c11-8(12)4-17(7-1-2-7)10(18)5-16-6-14-9(3-13)15-16/h6-8H,1-2,4-5H2. The van der Waals surface area contributed by atoms with Gasteiger partial charge in [-0.1, -0.05) is 0 Å². The van der Waals surface area contributed by atoms with Gasteiger partial charge in [0.1, 0.15) is 18.9 Å². The van der Waals surface area contributed by atoms with Crippen LogP contribution in [0.25, 0.3) is 0 Å². The lowest BCUT2D eigenvalue weighted by Gasteiger charge is -2.21. The van der Waals surface area contributed by atoms with E-state index in [0.717, 1.165) is 12.8 Å². The normalized spacial score (nSPS) is 14.6. The molecular weight excluding hydrogens is 244 g/mol. The van der Waals surface area contributed by atoms with Crippen LogP contribution in [0.1, 0.15) is 18.7 Å². The summed E-state index contributed by atoms with van der Waals surface area (Å²) in [5.41, 5.74) is 0. The summed E-state index contributed by atoms with van der Waals surface area (Å²) in [4.78, 5) is 16.7. The third-order valence-electron chi connectivity index (χ3n) is 2.58. The molecule has 1 aliphatic carbocycles. The van der Waals surface area contributed by atoms with E-state index in [2.05, 4.69) is 10.1 Å². The number of halogens is 2. The van der Waals surface area contributed by atoms with E-state index in [4.69, 9.17) is 5.26 Å². The van der Waals surface area contributed by atoms with Crippen LogP contribution in [0.3, 0.4) is 0 Å². The van der Waals surface area contributed by atoms with Gasteiger partial charge in [0.2, 0.25) is 5.91 Å². The van der Waals surface area contributed by atoms with Crippen LogP contribution >= 0.6 is 0 Å². The average molecular weight is 255 g/mol. The Morgan fingerprint density at radius 2 is 2.39 bits per heavy atom. The highest BCUT2D eigenvalue weighted by molar-refractivity contribution is 5.76. The second kappa shape index (κ2) is 5.08. The van der Waals surface area contributed by atoms with Crippen molar-refractivity contribution >= 4 is 5.91 Å². The molecule has 0 N–H and O–H groups in total. The van der Waals surface area contributed by atoms with Crippen molar-refractivity contribution in [1.82, 2.24) is 19.7 Å². The highest BCUT2D eigenvalue weighted by Crippen LogP contribution is 2.27. The highest BCUT2D eigenvalue weighted by Gasteiger charge is 2.34. The van der Waals surface area contributed by atoms with Gasteiger partial charge in [0.25, 0.3) is 12.2 Å². The van der Waals surface area contributed by atoms with Gasteiger partial charge < -0.3 is 4.90 Å². The largest absolute Gasteiger partial charge is 0.332 e. The topological polar surface area (TPSA) is 74.8 Å². The Balaban J connectivity index is 1.98. The zero-order valence-electron chi connectivity index (χ0n) is 9.46. The fourth-order valence-corrected chi connectivity index (χ4v) is 1.64. The zero-order chi connectivity index (χ0) is 13.1. The number of carbonyl (C=O) groups excluding carboxylic acids is 1. The molecular formula is C10H11F2N5O. The maximum Gasteiger partial charge on any atom is 0.255 e. The molecule has 1 fully saturated rings. The van der Waals surface area contributed by atoms with Gasteiger partial charge in [-0.3, -0.25) is 4.79 Å². The Morgan fingerprint density at radius 3 is 2.89 bits per heavy atom. The molecule has 0 radical (unpaired) electrons. The summed E-state index contributed by atoms with van der Waals surface area (Å²) in [6.45, 7) is -0.721. The van der Waals surface area contributed by atoms with Crippen molar-refractivity contribution in [3.05, 3.63) is 12.2 Å². The Kier molecular flexibility index (Phi) is 3.50. The molecule has 0 saturated heterocycles. The van der Waals surface area contributed by atoms with E-state index in [1.807, 2.05) is 0 Å². The maximum absolute atomic E-state index is 12.4. The number of carbonyl (C=O) groups is 1. The minimum absolute atomic E-state index is 0.0466. The SMILES string of the molecule is N#Cc1ncn(CC(=O)N(CC(F)F)C2CC2)n1. The molecule has 0 unspecified atom stereocenters. The average Bonchev–Trinajstić information content (AvgIpc) is 3.06. The molecule has 0 aromatic carbocycles. The van der Waals surface area contributed by atoms with Crippen LogP contribution in [0.15, 0.2) is 6.33 Å². The van der Waals surface area contributed by atoms with Gasteiger partial charge in [0.15, 0.2) is 0 Å². The predicted octanol–water partition coefficient (Wildman–Crippen LogP) is 0.406. The van der Waals surface area contributed by atoms with Crippen LogP contribution in [-0.4, -0.2) is 44.6 Å². The lowest BCUT2D eigenvalue weighted by molar-refractivity contribution is -0.134. The molecule has 1 amide bonds. The first-order valence-electron chi connectivity index (χ1n) is 5.47. The number of hydrogen-bond donors (Lipinski definition) is 0. The first-order chi connectivity index (χ1) is 8.60. The second-order valence-corrected chi connectivity index (χ2v) is 4.05. The molecule has 0 spiro atoms. The summed E-state index contributed by atoms with van der Waals surface area (Å²) < 4.78 is 25.9. The molecule has 96 valence electrons. The summed E-state index contributed by atoms with van der Waals surface area (Å²) in [7, 11) is 0. The lowest BCUT2D eigenvalue weighted by Crippen LogP contribution is -2.39. The number of aromatic nitrogens is 3. The van der Waals surface area contributed by atoms with Crippen LogP contribution in [0.2, 0.25) is 0 Å². The fourth-order valence-electron chi connectivity index (χ4n) is 1.64. The van der Waals surface area contributed by atoms with Crippen molar-refractivity contribution in [2.45, 2.75) is 31.9 Å². The molecule has 1 aliphatic rings. The first kappa shape index (κ1) is 12.4. The molecule has 1 aromatic rings. The molecule has 2 rings (SSSR count). The van der Waals surface area contributed by atoms with Crippen molar-refractivity contribution < 1.29 is 13.6 Å². The number of amides is 1. The number of alkyl halides is 2. The number of rotatable bonds is 5. The summed E-state index contributed by atoms with van der Waals surface area (Å²) in [6.07, 6.45) is 0.225. The van der Waals surface area contributed by atoms with E-state index < -0.39 is 18.9 Å². The van der Waals surface area contributed by atoms with E-state index >= 15 is 0 Å². The summed E-state index contributed by atoms with van der Waals surface area (Å²) >= 11 is 0. The zero-order valence-corrected chi connectivity index (χ0v) is 9.46. The van der Waals surface area contributed by atoms with Crippen molar-refractivity contribution in [3.8, 4) is 6.07 Å². The van der Waals surface area contributed by atoms with Crippen LogP contribution < -0.4 is 0 Å². The van der Waals surface area contributed by atoms with Gasteiger partial charge in [-0.15, -0.1) is 5.10 Å². The quantitative estimate of drug-likeness (QED) is 0.763. The van der Waals surface area contributed by atoms with E-state index in [1.54, 1.807) is 6.07 Å². The van der Waals surface area contributed by atoms with Crippen molar-refractivity contribution in [2.75, 3.05) is 6.54 Å². The van der Waals surface area contributed by atoms with Gasteiger partial charge in [0.05, 0.1) is 6.54 Å². The third-order valence-corrected chi connectivity index (χ3v) is 2.58. The fraction of sp³-hybridized carbons (Fsp3) is 0.600. The van der Waals surface area contributed by atoms with Gasteiger partial charge >= 0.3 is 0 Å². The molecule has 18 heavy (non-hydrogen) atoms. The summed E-state index contributed by atoms with van der Waals surface area (Å²) in [6, 6.07) is 1.65. The molecule has 8 heteroatoms. The monoisotopic (exact) mass is 255 g/mol. The number of nitrogens with zero attached hydrogens (tertiary/aromatic N) is 5. The van der Waals surface area contributed by atoms with E-state index in [1.165, 1.54) is 15.9 Å². The van der Waals surface area contributed by atoms with E-state index in [-0.39, 0.29) is 18.4 Å². The minimum Gasteiger partial charge on any atom is -0.332 e. The Labute approximate surface area is 102 Å². The lowest BCUT2D eigenvalue weighted by atomic mass is 10.4. The predicted molar refractivity (Wildman–Crippen MR) is 55.5 cm³/mol. The smallest absolute Gasteiger partial charge is 0.255 e. The number of nitriles is 1. The van der Waals surface area contributed by atoms with Crippen molar-refractivity contribution in [2.24, 2.45) is 0 Å². The Morgan fingerprint density at radius 1 is 1.67 bits per heavy atom. The minimum atomic E-state index is -2.54. The second-order valence-electron chi connectivity index (χ2n) is 4.05. The van der Waals surface area contributed by atoms with Gasteiger partial charge in [-0.2, -0.15) is 5.26 Å². The van der Waals surface area contributed by atoms with Gasteiger partial charge in [-0.05, 0) is 12.8 Å². The van der Waals surface area contributed by atoms with Crippen LogP contribution in [0.4, 0.5) is 8.78 Å². The van der Waals surface area contributed by atoms with Crippen LogP contribution in [0, 0.1) is 11.3 Å². The molecule has 1 heterocycles. The summed E-state index contributed by atoms with van der Waals surface area (Å²) in [5, 5.41) is 12.2. The van der Waals surface area contributed by atoms with Crippen LogP contribution in [0.5, 0.6) is 0 Å². The molecule has 1 saturated carbocycles. The highest BCUT2D eigenvalue weighted by atomic mass is 19.3. The first-order valence-corrected chi connectivity index (χ1v) is 5.47. The van der Waals surface area contributed by atoms with Crippen molar-refractivity contribution in [1.29, 1.82) is 5.26 Å². The summed E-state index contributed by atoms with van der Waals surface area (Å²) in [5.74, 6) is -0.471. The van der Waals surface area contributed by atoms with E-state index in [9.17, 15) is 13.6 Å². The van der Waals surface area contributed by atoms with E-state index in [0.29, 0.717) is 0 Å². The van der Waals surface area contributed by atoms with Crippen molar-refractivity contribution in [3.63, 3.8) is 0 Å². The van der Waals surface area contributed by atoms with Gasteiger partial charge in [-0.25, -0.2) is 18.4 Å². The Hall–Kier alpha value is -2.04. The molecule has 0 atom stereocenters. The maximum atomic E-state index is 12.4. The van der Waals surface area contributed by atoms with Gasteiger partial charge in [0, 0.05) is 6.04 Å². The molecule has 0 bridgehead atoms. The molecule has 0 aliphatic heterocycles. The molecule has 1 aromatic heterocycles. The Bertz CT molecular complexity index is 477. The number of hydrogen-bond acceptors (Lipinski definition) is 4. The third kappa shape index (κ3) is 3.00. The van der Waals surface area contributed by atoms with Crippen LogP contribution in [-0.2, 0) is 11.3 Å².